The maximum absolute atomic E-state index is 13.9. The Morgan fingerprint density at radius 3 is 2.44 bits per heavy atom. The first kappa shape index (κ1) is 33.2. The van der Waals surface area contributed by atoms with Gasteiger partial charge in [-0.05, 0) is 78.8 Å². The molecule has 4 N–H and O–H groups in total. The Hall–Kier alpha value is -4.33. The molecule has 4 aromatic rings. The highest BCUT2D eigenvalue weighted by molar-refractivity contribution is 7.27. The van der Waals surface area contributed by atoms with Crippen molar-refractivity contribution < 1.29 is 23.2 Å². The van der Waals surface area contributed by atoms with E-state index in [0.29, 0.717) is 17.7 Å². The third-order valence-electron chi connectivity index (χ3n) is 6.87. The number of pyridine rings is 1. The van der Waals surface area contributed by atoms with E-state index in [4.69, 9.17) is 5.73 Å². The number of aldehydes is 2. The van der Waals surface area contributed by atoms with Gasteiger partial charge in [0.15, 0.2) is 0 Å². The average molecular weight is 605 g/mol. The zero-order valence-electron chi connectivity index (χ0n) is 24.2. The number of halogens is 2. The largest absolute Gasteiger partial charge is 0.388 e. The Labute approximate surface area is 252 Å². The number of hydrogen-bond donors (Lipinski definition) is 3. The number of carbonyl (C=O) groups excluding carboxylic acids is 3. The normalized spacial score (nSPS) is 12.0. The number of aromatic nitrogens is 1. The second kappa shape index (κ2) is 15.8. The van der Waals surface area contributed by atoms with Crippen LogP contribution in [0, 0.1) is 18.6 Å². The minimum absolute atomic E-state index is 0.175. The Morgan fingerprint density at radius 2 is 1.81 bits per heavy atom. The summed E-state index contributed by atoms with van der Waals surface area (Å²) >= 11 is 0. The molecule has 0 aliphatic rings. The van der Waals surface area contributed by atoms with E-state index in [9.17, 15) is 23.2 Å². The van der Waals surface area contributed by atoms with Crippen LogP contribution in [-0.2, 0) is 16.0 Å². The van der Waals surface area contributed by atoms with E-state index < -0.39 is 11.7 Å². The molecule has 1 heterocycles. The first-order valence-electron chi connectivity index (χ1n) is 13.6. The Morgan fingerprint density at radius 1 is 1.05 bits per heavy atom. The van der Waals surface area contributed by atoms with Crippen molar-refractivity contribution in [2.45, 2.75) is 31.7 Å². The standard InChI is InChI=1S/C21H20F2N3OP.C12H15NO2/c1-25-19(9-12-7-14(22)11-15(28)8-12)20-16(3-2-6-26-20)13-4-5-18(23)17(10-13)21(24)27;1-9-3-4-12(13-2)11(7-9)10(8-15)5-6-14/h2-8,10-11,19,25H,9,28H2,1H3,(H2,24,27);3-4,6-8,10,13H,5H2,1-2H3. The summed E-state index contributed by atoms with van der Waals surface area (Å²) in [5.41, 5.74) is 10.9. The van der Waals surface area contributed by atoms with Crippen LogP contribution in [0.5, 0.6) is 0 Å². The van der Waals surface area contributed by atoms with Gasteiger partial charge >= 0.3 is 0 Å². The molecule has 3 unspecified atom stereocenters. The molecule has 7 nitrogen and oxygen atoms in total. The number of carbonyl (C=O) groups is 3. The van der Waals surface area contributed by atoms with Crippen molar-refractivity contribution >= 4 is 38.7 Å². The summed E-state index contributed by atoms with van der Waals surface area (Å²) < 4.78 is 27.6. The van der Waals surface area contributed by atoms with E-state index in [2.05, 4.69) is 24.9 Å². The molecule has 1 amide bonds. The zero-order valence-corrected chi connectivity index (χ0v) is 25.4. The van der Waals surface area contributed by atoms with Gasteiger partial charge in [0.25, 0.3) is 5.91 Å². The molecule has 0 saturated carbocycles. The molecule has 0 aliphatic carbocycles. The van der Waals surface area contributed by atoms with E-state index in [1.54, 1.807) is 32.4 Å². The summed E-state index contributed by atoms with van der Waals surface area (Å²) in [6, 6.07) is 18.3. The maximum Gasteiger partial charge on any atom is 0.251 e. The lowest BCUT2D eigenvalue weighted by Crippen LogP contribution is -2.21. The van der Waals surface area contributed by atoms with Crippen molar-refractivity contribution in [3.05, 3.63) is 113 Å². The molecule has 0 spiro atoms. The lowest BCUT2D eigenvalue weighted by Gasteiger charge is -2.20. The second-order valence-corrected chi connectivity index (χ2v) is 10.6. The SMILES string of the molecule is CNC(Cc1cc(F)cc(P)c1)c1ncccc1-c1ccc(F)c(C(N)=O)c1.CNc1ccc(C)cc1C(C=O)CC=O. The number of likely N-dealkylation sites (N-methyl/N-ethyl adjacent to an activating group) is 1. The number of hydrogen-bond acceptors (Lipinski definition) is 6. The molecule has 0 saturated heterocycles. The van der Waals surface area contributed by atoms with Crippen LogP contribution in [0.25, 0.3) is 11.1 Å². The van der Waals surface area contributed by atoms with Gasteiger partial charge in [-0.2, -0.15) is 0 Å². The van der Waals surface area contributed by atoms with Crippen LogP contribution in [0.3, 0.4) is 0 Å². The smallest absolute Gasteiger partial charge is 0.251 e. The number of rotatable bonds is 11. The number of anilines is 1. The summed E-state index contributed by atoms with van der Waals surface area (Å²) in [5.74, 6) is -2.14. The Balaban J connectivity index is 0.000000285. The van der Waals surface area contributed by atoms with Crippen molar-refractivity contribution in [2.75, 3.05) is 19.4 Å². The molecule has 0 aliphatic heterocycles. The highest BCUT2D eigenvalue weighted by Crippen LogP contribution is 2.30. The van der Waals surface area contributed by atoms with Crippen LogP contribution in [-0.4, -0.2) is 37.6 Å². The summed E-state index contributed by atoms with van der Waals surface area (Å²) in [7, 11) is 6.09. The van der Waals surface area contributed by atoms with Crippen molar-refractivity contribution in [1.29, 1.82) is 0 Å². The van der Waals surface area contributed by atoms with Crippen molar-refractivity contribution in [3.63, 3.8) is 0 Å². The van der Waals surface area contributed by atoms with Gasteiger partial charge in [-0.1, -0.05) is 35.9 Å². The highest BCUT2D eigenvalue weighted by Gasteiger charge is 2.19. The third-order valence-corrected chi connectivity index (χ3v) is 7.20. The Bertz CT molecular complexity index is 1580. The van der Waals surface area contributed by atoms with Crippen LogP contribution >= 0.6 is 9.24 Å². The third kappa shape index (κ3) is 8.83. The van der Waals surface area contributed by atoms with Crippen molar-refractivity contribution in [1.82, 2.24) is 10.3 Å². The number of primary amides is 1. The monoisotopic (exact) mass is 604 g/mol. The predicted octanol–water partition coefficient (Wildman–Crippen LogP) is 5.04. The summed E-state index contributed by atoms with van der Waals surface area (Å²) in [6.45, 7) is 1.96. The molecule has 43 heavy (non-hydrogen) atoms. The van der Waals surface area contributed by atoms with Crippen molar-refractivity contribution in [2.24, 2.45) is 5.73 Å². The number of nitrogens with zero attached hydrogens (tertiary/aromatic N) is 1. The van der Waals surface area contributed by atoms with Crippen LogP contribution < -0.4 is 21.7 Å². The molecule has 0 radical (unpaired) electrons. The minimum atomic E-state index is -0.831. The molecular weight excluding hydrogens is 569 g/mol. The molecule has 1 aromatic heterocycles. The van der Waals surface area contributed by atoms with Crippen LogP contribution in [0.2, 0.25) is 0 Å². The van der Waals surface area contributed by atoms with Gasteiger partial charge in [0, 0.05) is 36.8 Å². The predicted molar refractivity (Wildman–Crippen MR) is 170 cm³/mol. The summed E-state index contributed by atoms with van der Waals surface area (Å²) in [6.07, 6.45) is 4.00. The number of aryl methyl sites for hydroxylation is 1. The van der Waals surface area contributed by atoms with Crippen LogP contribution in [0.15, 0.2) is 72.9 Å². The van der Waals surface area contributed by atoms with E-state index >= 15 is 0 Å². The topological polar surface area (TPSA) is 114 Å². The van der Waals surface area contributed by atoms with Crippen LogP contribution in [0.4, 0.5) is 14.5 Å². The van der Waals surface area contributed by atoms with E-state index in [1.807, 2.05) is 37.3 Å². The fourth-order valence-corrected chi connectivity index (χ4v) is 5.13. The van der Waals surface area contributed by atoms with E-state index in [0.717, 1.165) is 45.8 Å². The quantitative estimate of drug-likeness (QED) is 0.163. The molecule has 3 aromatic carbocycles. The van der Waals surface area contributed by atoms with Gasteiger partial charge in [-0.3, -0.25) is 9.78 Å². The van der Waals surface area contributed by atoms with Gasteiger partial charge < -0.3 is 26.0 Å². The van der Waals surface area contributed by atoms with Gasteiger partial charge in [0.05, 0.1) is 17.3 Å². The number of nitrogens with two attached hydrogens (primary N) is 1. The lowest BCUT2D eigenvalue weighted by molar-refractivity contribution is -0.113. The molecule has 0 bridgehead atoms. The minimum Gasteiger partial charge on any atom is -0.388 e. The maximum atomic E-state index is 13.9. The summed E-state index contributed by atoms with van der Waals surface area (Å²) in [5, 5.41) is 6.99. The molecule has 0 fully saturated rings. The first-order valence-corrected chi connectivity index (χ1v) is 14.1. The van der Waals surface area contributed by atoms with Gasteiger partial charge in [-0.25, -0.2) is 8.78 Å². The number of amides is 1. The number of benzene rings is 3. The first-order chi connectivity index (χ1) is 20.6. The molecule has 3 atom stereocenters. The second-order valence-electron chi connectivity index (χ2n) is 9.92. The number of nitrogens with one attached hydrogen (secondary N) is 2. The fourth-order valence-electron chi connectivity index (χ4n) is 4.76. The van der Waals surface area contributed by atoms with Gasteiger partial charge in [-0.15, -0.1) is 9.24 Å². The lowest BCUT2D eigenvalue weighted by atomic mass is 9.94. The molecule has 224 valence electrons. The van der Waals surface area contributed by atoms with E-state index in [1.165, 1.54) is 24.3 Å². The van der Waals surface area contributed by atoms with Crippen molar-refractivity contribution in [3.8, 4) is 11.1 Å². The van der Waals surface area contributed by atoms with Gasteiger partial charge in [0.1, 0.15) is 24.2 Å². The fraction of sp³-hybridized carbons (Fsp3) is 0.212. The zero-order chi connectivity index (χ0) is 31.5. The van der Waals surface area contributed by atoms with E-state index in [-0.39, 0.29) is 29.8 Å². The highest BCUT2D eigenvalue weighted by atomic mass is 31.0. The molecule has 10 heteroatoms. The summed E-state index contributed by atoms with van der Waals surface area (Å²) in [4.78, 5) is 37.3. The van der Waals surface area contributed by atoms with Gasteiger partial charge in [0.2, 0.25) is 0 Å². The average Bonchev–Trinajstić information content (AvgIpc) is 2.98. The van der Waals surface area contributed by atoms with Crippen LogP contribution in [0.1, 0.15) is 51.1 Å². The Kier molecular flexibility index (Phi) is 12.2. The molecular formula is C33H35F2N4O3P. The molecule has 4 rings (SSSR count).